The number of pyridine rings is 1. The summed E-state index contributed by atoms with van der Waals surface area (Å²) in [4.78, 5) is 0. The van der Waals surface area contributed by atoms with E-state index in [9.17, 15) is 0 Å². The first-order valence-corrected chi connectivity index (χ1v) is 13.9. The molecule has 0 aliphatic heterocycles. The van der Waals surface area contributed by atoms with Crippen molar-refractivity contribution in [2.24, 2.45) is 7.05 Å². The van der Waals surface area contributed by atoms with Crippen LogP contribution in [-0.2, 0) is 12.5 Å². The third kappa shape index (κ3) is 3.50. The average molecular weight is 524 g/mol. The zero-order valence-electron chi connectivity index (χ0n) is 23.6. The third-order valence-corrected chi connectivity index (χ3v) is 8.46. The van der Waals surface area contributed by atoms with Gasteiger partial charge in [-0.1, -0.05) is 87.5 Å². The highest BCUT2D eigenvalue weighted by atomic mass is 19.1. The lowest BCUT2D eigenvalue weighted by atomic mass is 9.80. The largest absolute Gasteiger partial charge is 0.305 e. The molecular formula is C37H32FN2+. The number of hydrogen-bond donors (Lipinski definition) is 0. The number of benzene rings is 5. The van der Waals surface area contributed by atoms with E-state index in [-0.39, 0.29) is 11.2 Å². The van der Waals surface area contributed by atoms with Gasteiger partial charge in [0.2, 0.25) is 11.2 Å². The summed E-state index contributed by atoms with van der Waals surface area (Å²) in [5, 5.41) is 5.61. The molecule has 0 bridgehead atoms. The van der Waals surface area contributed by atoms with E-state index in [1.165, 1.54) is 27.5 Å². The number of aryl methyl sites for hydroxylation is 2. The minimum Gasteiger partial charge on any atom is -0.305 e. The molecule has 0 atom stereocenters. The number of rotatable bonds is 2. The highest BCUT2D eigenvalue weighted by Crippen LogP contribution is 2.40. The number of para-hydroxylation sites is 3. The van der Waals surface area contributed by atoms with Crippen molar-refractivity contribution in [3.05, 3.63) is 120 Å². The van der Waals surface area contributed by atoms with Gasteiger partial charge in [-0.2, -0.15) is 4.57 Å². The van der Waals surface area contributed by atoms with E-state index >= 15 is 4.39 Å². The lowest BCUT2D eigenvalue weighted by Crippen LogP contribution is -2.33. The van der Waals surface area contributed by atoms with Crippen molar-refractivity contribution in [2.75, 3.05) is 0 Å². The Labute approximate surface area is 233 Å². The van der Waals surface area contributed by atoms with Gasteiger partial charge in [-0.15, -0.1) is 0 Å². The Kier molecular flexibility index (Phi) is 5.37. The van der Waals surface area contributed by atoms with E-state index in [0.29, 0.717) is 5.52 Å². The first-order chi connectivity index (χ1) is 19.3. The summed E-state index contributed by atoms with van der Waals surface area (Å²) in [6.45, 7) is 9.06. The van der Waals surface area contributed by atoms with Crippen LogP contribution in [0.4, 0.5) is 4.39 Å². The van der Waals surface area contributed by atoms with Crippen LogP contribution in [0.5, 0.6) is 0 Å². The Balaban J connectivity index is 1.66. The molecule has 2 aromatic heterocycles. The van der Waals surface area contributed by atoms with Crippen molar-refractivity contribution in [1.29, 1.82) is 0 Å². The van der Waals surface area contributed by atoms with Crippen LogP contribution >= 0.6 is 0 Å². The second-order valence-electron chi connectivity index (χ2n) is 11.9. The Morgan fingerprint density at radius 1 is 0.675 bits per heavy atom. The van der Waals surface area contributed by atoms with E-state index in [1.807, 2.05) is 18.2 Å². The van der Waals surface area contributed by atoms with Crippen LogP contribution in [0.3, 0.4) is 0 Å². The smallest absolute Gasteiger partial charge is 0.215 e. The van der Waals surface area contributed by atoms with Crippen LogP contribution in [0.15, 0.2) is 103 Å². The number of halogens is 1. The first kappa shape index (κ1) is 24.5. The van der Waals surface area contributed by atoms with Gasteiger partial charge < -0.3 is 4.57 Å². The van der Waals surface area contributed by atoms with Gasteiger partial charge in [0, 0.05) is 22.9 Å². The summed E-state index contributed by atoms with van der Waals surface area (Å²) >= 11 is 0. The van der Waals surface area contributed by atoms with E-state index in [1.54, 1.807) is 12.1 Å². The third-order valence-electron chi connectivity index (χ3n) is 8.46. The molecule has 0 saturated heterocycles. The lowest BCUT2D eigenvalue weighted by molar-refractivity contribution is -0.633. The molecular weight excluding hydrogens is 491 g/mol. The highest BCUT2D eigenvalue weighted by Gasteiger charge is 2.26. The second kappa shape index (κ2) is 8.76. The molecule has 2 nitrogen and oxygen atoms in total. The van der Waals surface area contributed by atoms with Crippen LogP contribution in [0.2, 0.25) is 0 Å². The van der Waals surface area contributed by atoms with E-state index in [2.05, 4.69) is 117 Å². The molecule has 7 aromatic rings. The highest BCUT2D eigenvalue weighted by molar-refractivity contribution is 6.10. The predicted octanol–water partition coefficient (Wildman–Crippen LogP) is 9.33. The Morgan fingerprint density at radius 2 is 1.30 bits per heavy atom. The fourth-order valence-electron chi connectivity index (χ4n) is 6.49. The fraction of sp³-hybridized carbons (Fsp3) is 0.162. The molecule has 7 rings (SSSR count). The van der Waals surface area contributed by atoms with Crippen molar-refractivity contribution in [3.8, 4) is 16.9 Å². The van der Waals surface area contributed by atoms with Crippen LogP contribution < -0.4 is 4.57 Å². The van der Waals surface area contributed by atoms with Gasteiger partial charge in [0.05, 0.1) is 27.7 Å². The number of aromatic nitrogens is 2. The summed E-state index contributed by atoms with van der Waals surface area (Å²) in [5.74, 6) is -0.218. The Morgan fingerprint density at radius 3 is 2.05 bits per heavy atom. The molecule has 0 spiro atoms. The van der Waals surface area contributed by atoms with Crippen molar-refractivity contribution in [2.45, 2.75) is 33.1 Å². The number of nitrogens with zero attached hydrogens (tertiary/aromatic N) is 2. The monoisotopic (exact) mass is 523 g/mol. The van der Waals surface area contributed by atoms with Crippen LogP contribution in [0.1, 0.15) is 31.9 Å². The minimum absolute atomic E-state index is 0.0315. The molecule has 0 radical (unpaired) electrons. The molecule has 0 aliphatic carbocycles. The van der Waals surface area contributed by atoms with Gasteiger partial charge in [-0.25, -0.2) is 4.39 Å². The minimum atomic E-state index is -0.218. The molecule has 40 heavy (non-hydrogen) atoms. The van der Waals surface area contributed by atoms with Gasteiger partial charge >= 0.3 is 0 Å². The van der Waals surface area contributed by atoms with E-state index in [0.717, 1.165) is 38.6 Å². The maximum atomic E-state index is 15.7. The van der Waals surface area contributed by atoms with Gasteiger partial charge in [0.1, 0.15) is 12.9 Å². The second-order valence-corrected chi connectivity index (χ2v) is 11.9. The molecule has 0 aliphatic rings. The fourth-order valence-corrected chi connectivity index (χ4v) is 6.49. The molecule has 0 unspecified atom stereocenters. The zero-order chi connectivity index (χ0) is 27.8. The Bertz CT molecular complexity index is 2130. The van der Waals surface area contributed by atoms with Crippen molar-refractivity contribution < 1.29 is 8.96 Å². The summed E-state index contributed by atoms with van der Waals surface area (Å²) in [6.07, 6.45) is 0. The summed E-state index contributed by atoms with van der Waals surface area (Å²) < 4.78 is 20.1. The summed E-state index contributed by atoms with van der Waals surface area (Å²) in [7, 11) is 2.14. The van der Waals surface area contributed by atoms with Gasteiger partial charge in [0.25, 0.3) is 0 Å². The van der Waals surface area contributed by atoms with Crippen LogP contribution in [-0.4, -0.2) is 4.57 Å². The maximum Gasteiger partial charge on any atom is 0.215 e. The molecule has 0 N–H and O–H groups in total. The number of hydrogen-bond acceptors (Lipinski definition) is 0. The van der Waals surface area contributed by atoms with Gasteiger partial charge in [0.15, 0.2) is 0 Å². The first-order valence-electron chi connectivity index (χ1n) is 13.9. The molecule has 0 saturated carbocycles. The molecule has 0 amide bonds. The van der Waals surface area contributed by atoms with Crippen LogP contribution in [0, 0.1) is 12.7 Å². The normalized spacial score (nSPS) is 12.2. The molecule has 5 aromatic carbocycles. The quantitative estimate of drug-likeness (QED) is 0.200. The van der Waals surface area contributed by atoms with Crippen molar-refractivity contribution in [3.63, 3.8) is 0 Å². The van der Waals surface area contributed by atoms with Crippen molar-refractivity contribution >= 4 is 43.5 Å². The molecule has 0 fully saturated rings. The Hall–Kier alpha value is -4.50. The van der Waals surface area contributed by atoms with Crippen molar-refractivity contribution in [1.82, 2.24) is 4.57 Å². The maximum absolute atomic E-state index is 15.7. The van der Waals surface area contributed by atoms with Gasteiger partial charge in [-0.05, 0) is 58.5 Å². The lowest BCUT2D eigenvalue weighted by Gasteiger charge is -2.24. The summed E-state index contributed by atoms with van der Waals surface area (Å²) in [6, 6.07) is 35.4. The van der Waals surface area contributed by atoms with E-state index < -0.39 is 0 Å². The summed E-state index contributed by atoms with van der Waals surface area (Å²) in [5.41, 5.74) is 8.51. The molecule has 196 valence electrons. The van der Waals surface area contributed by atoms with Gasteiger partial charge in [-0.3, -0.25) is 0 Å². The van der Waals surface area contributed by atoms with Crippen LogP contribution in [0.25, 0.3) is 60.4 Å². The number of fused-ring (bicyclic) bond motifs is 5. The topological polar surface area (TPSA) is 8.81 Å². The standard InChI is InChI=1S/C37H32FN2/c1-23-24-13-6-7-14-25(24)30(37(2,3)4)21-29(23)34-22-35(28-16-9-10-19-32(28)39(34)5)40-33-20-11-8-15-26(33)27-17-12-18-31(38)36(27)40/h6-22H,1-5H3/q+1. The average Bonchev–Trinajstić information content (AvgIpc) is 3.29. The van der Waals surface area contributed by atoms with E-state index in [4.69, 9.17) is 0 Å². The molecule has 3 heteroatoms. The SMILES string of the molecule is Cc1c(-c2cc(-n3c4ccccc4c4cccc(F)c43)c3ccccc3[n+]2C)cc(C(C)(C)C)c2ccccc12. The zero-order valence-corrected chi connectivity index (χ0v) is 23.6. The predicted molar refractivity (Wildman–Crippen MR) is 166 cm³/mol. The molecule has 2 heterocycles.